The van der Waals surface area contributed by atoms with Crippen LogP contribution < -0.4 is 10.1 Å². The number of nitrogens with zero attached hydrogens (tertiary/aromatic N) is 1. The Morgan fingerprint density at radius 2 is 2.05 bits per heavy atom. The third-order valence-electron chi connectivity index (χ3n) is 2.92. The number of hydrogen-bond donors (Lipinski definition) is 2. The molecule has 4 nitrogen and oxygen atoms in total. The van der Waals surface area contributed by atoms with E-state index in [1.807, 2.05) is 43.4 Å². The molecule has 0 aliphatic rings. The highest BCUT2D eigenvalue weighted by Gasteiger charge is 2.09. The number of fused-ring (bicyclic) bond motifs is 1. The van der Waals surface area contributed by atoms with Gasteiger partial charge in [0.25, 0.3) is 0 Å². The molecular formula is C15H14N2O2S. The molecule has 5 heteroatoms. The van der Waals surface area contributed by atoms with Gasteiger partial charge in [0.2, 0.25) is 0 Å². The summed E-state index contributed by atoms with van der Waals surface area (Å²) in [5.74, 6) is 0.592. The maximum atomic E-state index is 9.99. The van der Waals surface area contributed by atoms with Crippen LogP contribution in [0.3, 0.4) is 0 Å². The third kappa shape index (κ3) is 2.53. The predicted octanol–water partition coefficient (Wildman–Crippen LogP) is 3.62. The molecule has 2 N–H and O–H groups in total. The zero-order valence-electron chi connectivity index (χ0n) is 11.0. The van der Waals surface area contributed by atoms with Gasteiger partial charge in [0.15, 0.2) is 16.6 Å². The van der Waals surface area contributed by atoms with E-state index in [4.69, 9.17) is 4.74 Å². The van der Waals surface area contributed by atoms with Crippen molar-refractivity contribution >= 4 is 26.7 Å². The van der Waals surface area contributed by atoms with Gasteiger partial charge in [0.1, 0.15) is 6.61 Å². The van der Waals surface area contributed by atoms with Crippen molar-refractivity contribution in [3.05, 3.63) is 48.0 Å². The van der Waals surface area contributed by atoms with Crippen LogP contribution in [0, 0.1) is 0 Å². The molecule has 0 spiro atoms. The molecule has 0 aliphatic carbocycles. The van der Waals surface area contributed by atoms with Crippen molar-refractivity contribution in [1.29, 1.82) is 0 Å². The topological polar surface area (TPSA) is 54.4 Å². The van der Waals surface area contributed by atoms with Gasteiger partial charge in [-0.2, -0.15) is 0 Å². The Balaban J connectivity index is 1.85. The van der Waals surface area contributed by atoms with Gasteiger partial charge < -0.3 is 15.2 Å². The molecule has 3 aromatic rings. The molecule has 20 heavy (non-hydrogen) atoms. The molecule has 102 valence electrons. The summed E-state index contributed by atoms with van der Waals surface area (Å²) in [6, 6.07) is 13.3. The van der Waals surface area contributed by atoms with Crippen LogP contribution in [0.25, 0.3) is 10.2 Å². The van der Waals surface area contributed by atoms with Crippen LogP contribution in [0.5, 0.6) is 11.5 Å². The number of benzene rings is 2. The number of ether oxygens (including phenoxy) is 1. The van der Waals surface area contributed by atoms with Crippen LogP contribution in [0.4, 0.5) is 5.13 Å². The highest BCUT2D eigenvalue weighted by atomic mass is 32.1. The molecule has 0 bridgehead atoms. The number of phenols is 1. The Kier molecular flexibility index (Phi) is 3.43. The van der Waals surface area contributed by atoms with E-state index in [1.165, 1.54) is 11.3 Å². The van der Waals surface area contributed by atoms with Crippen LogP contribution in [-0.4, -0.2) is 17.1 Å². The molecule has 0 unspecified atom stereocenters. The summed E-state index contributed by atoms with van der Waals surface area (Å²) in [7, 11) is 1.82. The lowest BCUT2D eigenvalue weighted by Gasteiger charge is -2.07. The molecular weight excluding hydrogens is 272 g/mol. The Morgan fingerprint density at radius 1 is 1.25 bits per heavy atom. The van der Waals surface area contributed by atoms with Crippen LogP contribution in [0.15, 0.2) is 42.5 Å². The van der Waals surface area contributed by atoms with Gasteiger partial charge in [-0.25, -0.2) is 4.98 Å². The number of aromatic hydroxyl groups is 1. The Hall–Kier alpha value is -2.27. The van der Waals surface area contributed by atoms with Gasteiger partial charge in [0.05, 0.1) is 10.2 Å². The fourth-order valence-corrected chi connectivity index (χ4v) is 2.73. The number of rotatable bonds is 4. The first-order valence-electron chi connectivity index (χ1n) is 6.24. The fourth-order valence-electron chi connectivity index (χ4n) is 1.90. The van der Waals surface area contributed by atoms with E-state index in [0.29, 0.717) is 12.4 Å². The SMILES string of the molecule is CNc1nc2cc(O)c(OCc3ccccc3)cc2s1. The molecule has 2 aromatic carbocycles. The maximum Gasteiger partial charge on any atom is 0.183 e. The highest BCUT2D eigenvalue weighted by molar-refractivity contribution is 7.22. The zero-order chi connectivity index (χ0) is 13.9. The maximum absolute atomic E-state index is 9.99. The quantitative estimate of drug-likeness (QED) is 0.769. The van der Waals surface area contributed by atoms with E-state index in [-0.39, 0.29) is 5.75 Å². The Labute approximate surface area is 120 Å². The van der Waals surface area contributed by atoms with E-state index in [9.17, 15) is 5.11 Å². The summed E-state index contributed by atoms with van der Waals surface area (Å²) in [5.41, 5.74) is 1.83. The average molecular weight is 286 g/mol. The summed E-state index contributed by atoms with van der Waals surface area (Å²) in [5, 5.41) is 13.8. The molecule has 0 saturated heterocycles. The van der Waals surface area contributed by atoms with Gasteiger partial charge in [-0.1, -0.05) is 41.7 Å². The summed E-state index contributed by atoms with van der Waals surface area (Å²) < 4.78 is 6.66. The van der Waals surface area contributed by atoms with Crippen molar-refractivity contribution in [2.45, 2.75) is 6.61 Å². The summed E-state index contributed by atoms with van der Waals surface area (Å²) in [6.07, 6.45) is 0. The minimum atomic E-state index is 0.112. The standard InChI is InChI=1S/C15H14N2O2S/c1-16-15-17-11-7-12(18)13(8-14(11)20-15)19-9-10-5-3-2-4-6-10/h2-8,18H,9H2,1H3,(H,16,17). The monoisotopic (exact) mass is 286 g/mol. The molecule has 0 saturated carbocycles. The normalized spacial score (nSPS) is 10.7. The second-order valence-electron chi connectivity index (χ2n) is 4.33. The molecule has 0 aliphatic heterocycles. The molecule has 1 heterocycles. The second kappa shape index (κ2) is 5.38. The first-order valence-corrected chi connectivity index (χ1v) is 7.06. The third-order valence-corrected chi connectivity index (χ3v) is 3.96. The van der Waals surface area contributed by atoms with Crippen LogP contribution in [0.2, 0.25) is 0 Å². The number of nitrogens with one attached hydrogen (secondary N) is 1. The van der Waals surface area contributed by atoms with Crippen LogP contribution in [0.1, 0.15) is 5.56 Å². The van der Waals surface area contributed by atoms with Gasteiger partial charge in [-0.05, 0) is 5.56 Å². The van der Waals surface area contributed by atoms with Crippen molar-refractivity contribution < 1.29 is 9.84 Å². The highest BCUT2D eigenvalue weighted by Crippen LogP contribution is 2.35. The second-order valence-corrected chi connectivity index (χ2v) is 5.36. The summed E-state index contributed by atoms with van der Waals surface area (Å²) in [4.78, 5) is 4.34. The largest absolute Gasteiger partial charge is 0.504 e. The molecule has 3 rings (SSSR count). The van der Waals surface area contributed by atoms with Crippen LogP contribution >= 0.6 is 11.3 Å². The predicted molar refractivity (Wildman–Crippen MR) is 81.6 cm³/mol. The zero-order valence-corrected chi connectivity index (χ0v) is 11.8. The number of hydrogen-bond acceptors (Lipinski definition) is 5. The lowest BCUT2D eigenvalue weighted by atomic mass is 10.2. The minimum absolute atomic E-state index is 0.112. The lowest BCUT2D eigenvalue weighted by Crippen LogP contribution is -1.95. The van der Waals surface area contributed by atoms with Gasteiger partial charge >= 0.3 is 0 Å². The lowest BCUT2D eigenvalue weighted by molar-refractivity contribution is 0.289. The Bertz CT molecular complexity index is 725. The van der Waals surface area contributed by atoms with Crippen molar-refractivity contribution in [3.8, 4) is 11.5 Å². The number of aromatic nitrogens is 1. The minimum Gasteiger partial charge on any atom is -0.504 e. The van der Waals surface area contributed by atoms with E-state index in [2.05, 4.69) is 10.3 Å². The first kappa shape index (κ1) is 12.7. The summed E-state index contributed by atoms with van der Waals surface area (Å²) in [6.45, 7) is 0.428. The van der Waals surface area contributed by atoms with Crippen molar-refractivity contribution in [2.75, 3.05) is 12.4 Å². The number of thiazole rings is 1. The van der Waals surface area contributed by atoms with Crippen LogP contribution in [-0.2, 0) is 6.61 Å². The van der Waals surface area contributed by atoms with E-state index in [0.717, 1.165) is 20.9 Å². The van der Waals surface area contributed by atoms with Gasteiger partial charge in [0, 0.05) is 19.2 Å². The van der Waals surface area contributed by atoms with E-state index < -0.39 is 0 Å². The molecule has 1 aromatic heterocycles. The molecule has 0 radical (unpaired) electrons. The van der Waals surface area contributed by atoms with Crippen molar-refractivity contribution in [3.63, 3.8) is 0 Å². The van der Waals surface area contributed by atoms with Crippen molar-refractivity contribution in [1.82, 2.24) is 4.98 Å². The molecule has 0 atom stereocenters. The van der Waals surface area contributed by atoms with E-state index >= 15 is 0 Å². The van der Waals surface area contributed by atoms with Gasteiger partial charge in [-0.15, -0.1) is 0 Å². The Morgan fingerprint density at radius 3 is 2.80 bits per heavy atom. The average Bonchev–Trinajstić information content (AvgIpc) is 2.87. The fraction of sp³-hybridized carbons (Fsp3) is 0.133. The smallest absolute Gasteiger partial charge is 0.183 e. The number of phenolic OH excluding ortho intramolecular Hbond substituents is 1. The van der Waals surface area contributed by atoms with Gasteiger partial charge in [-0.3, -0.25) is 0 Å². The first-order chi connectivity index (χ1) is 9.76. The van der Waals surface area contributed by atoms with E-state index in [1.54, 1.807) is 6.07 Å². The molecule has 0 amide bonds. The number of anilines is 1. The molecule has 0 fully saturated rings. The summed E-state index contributed by atoms with van der Waals surface area (Å²) >= 11 is 1.53. The van der Waals surface area contributed by atoms with Crippen molar-refractivity contribution in [2.24, 2.45) is 0 Å².